The second-order valence-corrected chi connectivity index (χ2v) is 6.77. The summed E-state index contributed by atoms with van der Waals surface area (Å²) >= 11 is 0. The molecule has 0 aliphatic heterocycles. The Hall–Kier alpha value is -3.49. The molecule has 0 unspecified atom stereocenters. The van der Waals surface area contributed by atoms with Crippen LogP contribution in [-0.4, -0.2) is 45.0 Å². The molecule has 0 radical (unpaired) electrons. The quantitative estimate of drug-likeness (QED) is 0.553. The largest absolute Gasteiger partial charge is 0.461 e. The summed E-state index contributed by atoms with van der Waals surface area (Å²) < 4.78 is 43.3. The van der Waals surface area contributed by atoms with E-state index in [0.29, 0.717) is 30.2 Å². The van der Waals surface area contributed by atoms with E-state index in [9.17, 15) is 18.0 Å². The van der Waals surface area contributed by atoms with E-state index in [4.69, 9.17) is 4.74 Å². The van der Waals surface area contributed by atoms with Gasteiger partial charge >= 0.3 is 12.2 Å². The maximum atomic E-state index is 13.2. The van der Waals surface area contributed by atoms with Crippen molar-refractivity contribution in [2.24, 2.45) is 0 Å². The SMILES string of the molecule is CCN(C(=O)c1ncccc1-c1ccccc1)[C@@H](C)COc1ncc(C(F)(F)F)cn1. The van der Waals surface area contributed by atoms with Gasteiger partial charge < -0.3 is 9.64 Å². The van der Waals surface area contributed by atoms with Crippen molar-refractivity contribution in [3.8, 4) is 17.1 Å². The number of hydrogen-bond acceptors (Lipinski definition) is 5. The van der Waals surface area contributed by atoms with Crippen molar-refractivity contribution < 1.29 is 22.7 Å². The van der Waals surface area contributed by atoms with Gasteiger partial charge in [-0.25, -0.2) is 9.97 Å². The zero-order chi connectivity index (χ0) is 22.4. The highest BCUT2D eigenvalue weighted by Crippen LogP contribution is 2.28. The first-order valence-corrected chi connectivity index (χ1v) is 9.64. The molecule has 0 bridgehead atoms. The molecular formula is C22H21F3N4O2. The van der Waals surface area contributed by atoms with Gasteiger partial charge in [0.1, 0.15) is 12.3 Å². The zero-order valence-corrected chi connectivity index (χ0v) is 17.0. The third-order valence-corrected chi connectivity index (χ3v) is 4.64. The lowest BCUT2D eigenvalue weighted by Crippen LogP contribution is -2.42. The number of rotatable bonds is 7. The van der Waals surface area contributed by atoms with E-state index in [2.05, 4.69) is 15.0 Å². The van der Waals surface area contributed by atoms with Crippen molar-refractivity contribution in [2.75, 3.05) is 13.2 Å². The number of halogens is 3. The van der Waals surface area contributed by atoms with Gasteiger partial charge in [0.25, 0.3) is 5.91 Å². The molecule has 0 saturated carbocycles. The Balaban J connectivity index is 1.73. The summed E-state index contributed by atoms with van der Waals surface area (Å²) in [6.07, 6.45) is -1.63. The number of carbonyl (C=O) groups is 1. The number of amides is 1. The van der Waals surface area contributed by atoms with Crippen LogP contribution < -0.4 is 4.74 Å². The van der Waals surface area contributed by atoms with Crippen LogP contribution in [0.2, 0.25) is 0 Å². The molecule has 0 aliphatic carbocycles. The number of benzene rings is 1. The Morgan fingerprint density at radius 2 is 1.74 bits per heavy atom. The predicted molar refractivity (Wildman–Crippen MR) is 108 cm³/mol. The molecule has 9 heteroatoms. The maximum Gasteiger partial charge on any atom is 0.419 e. The van der Waals surface area contributed by atoms with E-state index in [0.717, 1.165) is 5.56 Å². The zero-order valence-electron chi connectivity index (χ0n) is 17.0. The Morgan fingerprint density at radius 1 is 1.06 bits per heavy atom. The fourth-order valence-electron chi connectivity index (χ4n) is 3.04. The van der Waals surface area contributed by atoms with Crippen molar-refractivity contribution in [2.45, 2.75) is 26.1 Å². The van der Waals surface area contributed by atoms with E-state index in [-0.39, 0.29) is 18.5 Å². The Kier molecular flexibility index (Phi) is 6.84. The highest BCUT2D eigenvalue weighted by atomic mass is 19.4. The first-order chi connectivity index (χ1) is 14.8. The number of carbonyl (C=O) groups excluding carboxylic acids is 1. The first-order valence-electron chi connectivity index (χ1n) is 9.64. The van der Waals surface area contributed by atoms with Crippen LogP contribution in [0.3, 0.4) is 0 Å². The van der Waals surface area contributed by atoms with Crippen LogP contribution in [0.4, 0.5) is 13.2 Å². The molecule has 1 aromatic carbocycles. The lowest BCUT2D eigenvalue weighted by Gasteiger charge is -2.28. The fraction of sp³-hybridized carbons (Fsp3) is 0.273. The summed E-state index contributed by atoms with van der Waals surface area (Å²) in [6.45, 7) is 4.01. The maximum absolute atomic E-state index is 13.2. The molecule has 0 N–H and O–H groups in total. The molecule has 0 fully saturated rings. The number of hydrogen-bond donors (Lipinski definition) is 0. The average molecular weight is 430 g/mol. The standard InChI is InChI=1S/C22H21F3N4O2/c1-3-29(15(2)14-31-21-27-12-17(13-28-21)22(23,24)25)20(30)19-18(10-7-11-26-19)16-8-5-4-6-9-16/h4-13,15H,3,14H2,1-2H3/t15-/m0/s1. The van der Waals surface area contributed by atoms with Crippen LogP contribution in [0.25, 0.3) is 11.1 Å². The van der Waals surface area contributed by atoms with Crippen molar-refractivity contribution >= 4 is 5.91 Å². The average Bonchev–Trinajstić information content (AvgIpc) is 2.78. The number of aromatic nitrogens is 3. The summed E-state index contributed by atoms with van der Waals surface area (Å²) in [6, 6.07) is 12.5. The van der Waals surface area contributed by atoms with Gasteiger partial charge in [0.15, 0.2) is 0 Å². The van der Waals surface area contributed by atoms with Gasteiger partial charge in [-0.15, -0.1) is 0 Å². The minimum atomic E-state index is -4.52. The molecule has 2 aromatic heterocycles. The van der Waals surface area contributed by atoms with Gasteiger partial charge in [-0.05, 0) is 25.5 Å². The minimum Gasteiger partial charge on any atom is -0.461 e. The number of ether oxygens (including phenoxy) is 1. The van der Waals surface area contributed by atoms with Crippen molar-refractivity contribution in [3.63, 3.8) is 0 Å². The topological polar surface area (TPSA) is 68.2 Å². The third-order valence-electron chi connectivity index (χ3n) is 4.64. The molecule has 6 nitrogen and oxygen atoms in total. The molecule has 1 atom stereocenters. The molecule has 0 aliphatic rings. The van der Waals surface area contributed by atoms with E-state index >= 15 is 0 Å². The lowest BCUT2D eigenvalue weighted by atomic mass is 10.0. The third kappa shape index (κ3) is 5.36. The minimum absolute atomic E-state index is 0.0123. The Labute approximate surface area is 177 Å². The molecule has 31 heavy (non-hydrogen) atoms. The van der Waals surface area contributed by atoms with Crippen LogP contribution >= 0.6 is 0 Å². The fourth-order valence-corrected chi connectivity index (χ4v) is 3.04. The summed E-state index contributed by atoms with van der Waals surface area (Å²) in [5, 5.41) is 0. The molecule has 0 saturated heterocycles. The highest BCUT2D eigenvalue weighted by molar-refractivity contribution is 5.99. The van der Waals surface area contributed by atoms with Gasteiger partial charge in [-0.1, -0.05) is 36.4 Å². The van der Waals surface area contributed by atoms with E-state index in [1.54, 1.807) is 24.1 Å². The van der Waals surface area contributed by atoms with Crippen molar-refractivity contribution in [3.05, 3.63) is 72.3 Å². The van der Waals surface area contributed by atoms with Gasteiger partial charge in [-0.3, -0.25) is 9.78 Å². The summed E-state index contributed by atoms with van der Waals surface area (Å²) in [5.41, 5.74) is 0.942. The monoisotopic (exact) mass is 430 g/mol. The van der Waals surface area contributed by atoms with Gasteiger partial charge in [-0.2, -0.15) is 13.2 Å². The smallest absolute Gasteiger partial charge is 0.419 e. The second-order valence-electron chi connectivity index (χ2n) is 6.77. The molecule has 3 aromatic rings. The predicted octanol–water partition coefficient (Wildman–Crippen LogP) is 4.49. The van der Waals surface area contributed by atoms with Crippen molar-refractivity contribution in [1.29, 1.82) is 0 Å². The first kappa shape index (κ1) is 22.2. The van der Waals surface area contributed by atoms with Crippen LogP contribution in [0.5, 0.6) is 6.01 Å². The van der Waals surface area contributed by atoms with Crippen LogP contribution in [-0.2, 0) is 6.18 Å². The summed E-state index contributed by atoms with van der Waals surface area (Å²) in [7, 11) is 0. The van der Waals surface area contributed by atoms with Gasteiger partial charge in [0.05, 0.1) is 11.6 Å². The number of likely N-dealkylation sites (N-methyl/N-ethyl adjacent to an activating group) is 1. The second kappa shape index (κ2) is 9.55. The van der Waals surface area contributed by atoms with Crippen LogP contribution in [0.15, 0.2) is 61.1 Å². The highest BCUT2D eigenvalue weighted by Gasteiger charge is 2.31. The molecule has 0 spiro atoms. The lowest BCUT2D eigenvalue weighted by molar-refractivity contribution is -0.138. The summed E-state index contributed by atoms with van der Waals surface area (Å²) in [5.74, 6) is -0.272. The van der Waals surface area contributed by atoms with Crippen LogP contribution in [0.1, 0.15) is 29.9 Å². The summed E-state index contributed by atoms with van der Waals surface area (Å²) in [4.78, 5) is 26.3. The normalized spacial score (nSPS) is 12.3. The number of alkyl halides is 3. The molecule has 1 amide bonds. The number of pyridine rings is 1. The van der Waals surface area contributed by atoms with E-state index in [1.807, 2.05) is 43.3 Å². The van der Waals surface area contributed by atoms with Crippen LogP contribution in [0, 0.1) is 0 Å². The Bertz CT molecular complexity index is 1010. The molecule has 2 heterocycles. The van der Waals surface area contributed by atoms with E-state index < -0.39 is 17.8 Å². The molecular weight excluding hydrogens is 409 g/mol. The van der Waals surface area contributed by atoms with Gasteiger partial charge in [0.2, 0.25) is 0 Å². The molecule has 162 valence electrons. The van der Waals surface area contributed by atoms with Crippen molar-refractivity contribution in [1.82, 2.24) is 19.9 Å². The molecule has 3 rings (SSSR count). The Morgan fingerprint density at radius 3 is 2.35 bits per heavy atom. The number of nitrogens with zero attached hydrogens (tertiary/aromatic N) is 4. The van der Waals surface area contributed by atoms with Gasteiger partial charge in [0, 0.05) is 30.7 Å². The van der Waals surface area contributed by atoms with E-state index in [1.165, 1.54) is 0 Å².